The molecule has 1 aromatic heterocycles. The van der Waals surface area contributed by atoms with Crippen molar-refractivity contribution in [3.05, 3.63) is 16.1 Å². The number of hydrogen-bond acceptors (Lipinski definition) is 4. The molecule has 0 aliphatic carbocycles. The maximum Gasteiger partial charge on any atom is 0.314 e. The second kappa shape index (κ2) is 9.00. The number of hydrogen-bond donors (Lipinski definition) is 3. The molecule has 6 heteroatoms. The molecular formula is C15H27N3O2S. The molecule has 5 nitrogen and oxygen atoms in total. The van der Waals surface area contributed by atoms with Crippen LogP contribution in [0, 0.1) is 5.92 Å². The summed E-state index contributed by atoms with van der Waals surface area (Å²) < 4.78 is 0. The molecule has 0 aromatic carbocycles. The van der Waals surface area contributed by atoms with Gasteiger partial charge in [0.1, 0.15) is 0 Å². The summed E-state index contributed by atoms with van der Waals surface area (Å²) in [5.74, 6) is 0.636. The van der Waals surface area contributed by atoms with Crippen molar-refractivity contribution >= 4 is 17.4 Å². The molecule has 1 rings (SSSR count). The van der Waals surface area contributed by atoms with Crippen molar-refractivity contribution in [1.29, 1.82) is 0 Å². The van der Waals surface area contributed by atoms with E-state index in [9.17, 15) is 9.90 Å². The Bertz CT molecular complexity index is 434. The van der Waals surface area contributed by atoms with Crippen molar-refractivity contribution in [1.82, 2.24) is 15.6 Å². The third-order valence-corrected chi connectivity index (χ3v) is 4.70. The molecule has 0 radical (unpaired) electrons. The first-order chi connectivity index (χ1) is 9.93. The highest BCUT2D eigenvalue weighted by Gasteiger charge is 2.13. The third-order valence-electron chi connectivity index (χ3n) is 3.50. The van der Waals surface area contributed by atoms with Crippen LogP contribution in [-0.2, 0) is 6.42 Å². The molecule has 1 aromatic rings. The first kappa shape index (κ1) is 17.9. The topological polar surface area (TPSA) is 74.2 Å². The van der Waals surface area contributed by atoms with E-state index in [-0.39, 0.29) is 18.5 Å². The average Bonchev–Trinajstić information content (AvgIpc) is 2.93. The van der Waals surface area contributed by atoms with Crippen molar-refractivity contribution in [3.63, 3.8) is 0 Å². The number of aliphatic hydroxyl groups is 1. The van der Waals surface area contributed by atoms with Gasteiger partial charge in [-0.1, -0.05) is 34.1 Å². The van der Waals surface area contributed by atoms with Crippen molar-refractivity contribution < 1.29 is 9.90 Å². The van der Waals surface area contributed by atoms with Gasteiger partial charge in [0.15, 0.2) is 0 Å². The average molecular weight is 313 g/mol. The van der Waals surface area contributed by atoms with Crippen LogP contribution in [0.15, 0.2) is 5.38 Å². The molecular weight excluding hydrogens is 286 g/mol. The summed E-state index contributed by atoms with van der Waals surface area (Å²) in [5.41, 5.74) is 1.02. The number of nitrogens with one attached hydrogen (secondary N) is 2. The zero-order valence-electron chi connectivity index (χ0n) is 13.3. The second-order valence-corrected chi connectivity index (χ2v) is 6.56. The lowest BCUT2D eigenvalue weighted by Gasteiger charge is -2.17. The number of rotatable bonds is 8. The van der Waals surface area contributed by atoms with E-state index >= 15 is 0 Å². The zero-order chi connectivity index (χ0) is 15.8. The van der Waals surface area contributed by atoms with E-state index < -0.39 is 6.10 Å². The summed E-state index contributed by atoms with van der Waals surface area (Å²) in [6.07, 6.45) is 1.13. The van der Waals surface area contributed by atoms with Gasteiger partial charge in [-0.3, -0.25) is 0 Å². The second-order valence-electron chi connectivity index (χ2n) is 5.67. The van der Waals surface area contributed by atoms with Gasteiger partial charge in [-0.05, 0) is 5.92 Å². The molecule has 0 bridgehead atoms. The van der Waals surface area contributed by atoms with Crippen LogP contribution in [0.25, 0.3) is 0 Å². The van der Waals surface area contributed by atoms with Crippen LogP contribution in [0.5, 0.6) is 0 Å². The predicted octanol–water partition coefficient (Wildman–Crippen LogP) is 2.52. The lowest BCUT2D eigenvalue weighted by atomic mass is 10.0. The first-order valence-electron chi connectivity index (χ1n) is 7.58. The smallest absolute Gasteiger partial charge is 0.314 e. The normalized spacial score (nSPS) is 14.0. The lowest BCUT2D eigenvalue weighted by Crippen LogP contribution is -2.42. The minimum Gasteiger partial charge on any atom is -0.391 e. The van der Waals surface area contributed by atoms with Gasteiger partial charge >= 0.3 is 6.03 Å². The van der Waals surface area contributed by atoms with Crippen LogP contribution >= 0.6 is 11.3 Å². The van der Waals surface area contributed by atoms with E-state index in [1.165, 1.54) is 0 Å². The van der Waals surface area contributed by atoms with Crippen LogP contribution in [0.2, 0.25) is 0 Å². The minimum absolute atomic E-state index is 0.190. The monoisotopic (exact) mass is 313 g/mol. The molecule has 120 valence electrons. The Morgan fingerprint density at radius 1 is 1.38 bits per heavy atom. The molecule has 0 aliphatic heterocycles. The molecule has 0 spiro atoms. The van der Waals surface area contributed by atoms with Crippen molar-refractivity contribution in [2.24, 2.45) is 5.92 Å². The molecule has 3 N–H and O–H groups in total. The number of amides is 2. The van der Waals surface area contributed by atoms with Crippen LogP contribution in [0.3, 0.4) is 0 Å². The molecule has 0 saturated heterocycles. The number of aliphatic hydroxyl groups excluding tert-OH is 1. The molecule has 1 heterocycles. The van der Waals surface area contributed by atoms with E-state index in [1.807, 2.05) is 19.2 Å². The summed E-state index contributed by atoms with van der Waals surface area (Å²) in [6.45, 7) is 9.07. The number of carbonyl (C=O) groups excluding carboxylic acids is 1. The Morgan fingerprint density at radius 3 is 2.67 bits per heavy atom. The van der Waals surface area contributed by atoms with Gasteiger partial charge in [0.25, 0.3) is 0 Å². The van der Waals surface area contributed by atoms with E-state index in [2.05, 4.69) is 29.5 Å². The number of urea groups is 1. The predicted molar refractivity (Wildman–Crippen MR) is 86.8 cm³/mol. The first-order valence-corrected chi connectivity index (χ1v) is 8.46. The SMILES string of the molecule is CCC(C)C(O)CNC(=O)NCCc1csc(C(C)C)n1. The highest BCUT2D eigenvalue weighted by Crippen LogP contribution is 2.19. The number of thiazole rings is 1. The van der Waals surface area contributed by atoms with Gasteiger partial charge in [-0.25, -0.2) is 9.78 Å². The quantitative estimate of drug-likeness (QED) is 0.690. The van der Waals surface area contributed by atoms with Gasteiger partial charge in [-0.2, -0.15) is 0 Å². The fraction of sp³-hybridized carbons (Fsp3) is 0.733. The van der Waals surface area contributed by atoms with Crippen LogP contribution in [-0.4, -0.2) is 35.3 Å². The lowest BCUT2D eigenvalue weighted by molar-refractivity contribution is 0.114. The van der Waals surface area contributed by atoms with Crippen LogP contribution < -0.4 is 10.6 Å². The third kappa shape index (κ3) is 6.44. The molecule has 2 unspecified atom stereocenters. The van der Waals surface area contributed by atoms with E-state index in [4.69, 9.17) is 0 Å². The highest BCUT2D eigenvalue weighted by atomic mass is 32.1. The maximum atomic E-state index is 11.6. The molecule has 2 atom stereocenters. The van der Waals surface area contributed by atoms with Crippen molar-refractivity contribution in [3.8, 4) is 0 Å². The van der Waals surface area contributed by atoms with Gasteiger partial charge in [0.05, 0.1) is 16.8 Å². The van der Waals surface area contributed by atoms with Crippen LogP contribution in [0.1, 0.15) is 50.7 Å². The summed E-state index contributed by atoms with van der Waals surface area (Å²) in [4.78, 5) is 16.1. The van der Waals surface area contributed by atoms with Gasteiger partial charge in [-0.15, -0.1) is 11.3 Å². The fourth-order valence-corrected chi connectivity index (χ4v) is 2.61. The Kier molecular flexibility index (Phi) is 7.67. The van der Waals surface area contributed by atoms with Crippen molar-refractivity contribution in [2.75, 3.05) is 13.1 Å². The fourth-order valence-electron chi connectivity index (χ4n) is 1.74. The van der Waals surface area contributed by atoms with E-state index in [0.717, 1.165) is 23.5 Å². The summed E-state index contributed by atoms with van der Waals surface area (Å²) in [6, 6.07) is -0.239. The Balaban J connectivity index is 2.21. The number of carbonyl (C=O) groups is 1. The summed E-state index contributed by atoms with van der Waals surface area (Å²) in [5, 5.41) is 18.4. The van der Waals surface area contributed by atoms with Gasteiger partial charge in [0, 0.05) is 30.8 Å². The minimum atomic E-state index is -0.493. The highest BCUT2D eigenvalue weighted by molar-refractivity contribution is 7.09. The molecule has 0 fully saturated rings. The Morgan fingerprint density at radius 2 is 2.10 bits per heavy atom. The van der Waals surface area contributed by atoms with Gasteiger partial charge in [0.2, 0.25) is 0 Å². The Labute approximate surface area is 131 Å². The number of nitrogens with zero attached hydrogens (tertiary/aromatic N) is 1. The van der Waals surface area contributed by atoms with E-state index in [1.54, 1.807) is 11.3 Å². The largest absolute Gasteiger partial charge is 0.391 e. The van der Waals surface area contributed by atoms with Crippen molar-refractivity contribution in [2.45, 2.75) is 52.6 Å². The Hall–Kier alpha value is -1.14. The number of aromatic nitrogens is 1. The van der Waals surface area contributed by atoms with Gasteiger partial charge < -0.3 is 15.7 Å². The van der Waals surface area contributed by atoms with E-state index in [0.29, 0.717) is 12.5 Å². The van der Waals surface area contributed by atoms with Crippen LogP contribution in [0.4, 0.5) is 4.79 Å². The standard InChI is InChI=1S/C15H27N3O2S/c1-5-11(4)13(19)8-17-15(20)16-7-6-12-9-21-14(18-12)10(2)3/h9-11,13,19H,5-8H2,1-4H3,(H2,16,17,20). The molecule has 21 heavy (non-hydrogen) atoms. The molecule has 2 amide bonds. The summed E-state index contributed by atoms with van der Waals surface area (Å²) >= 11 is 1.66. The zero-order valence-corrected chi connectivity index (χ0v) is 14.2. The molecule has 0 aliphatic rings. The summed E-state index contributed by atoms with van der Waals surface area (Å²) in [7, 11) is 0. The molecule has 0 saturated carbocycles. The maximum absolute atomic E-state index is 11.6.